The van der Waals surface area contributed by atoms with Crippen molar-refractivity contribution in [1.29, 1.82) is 0 Å². The van der Waals surface area contributed by atoms with Crippen LogP contribution in [0.2, 0.25) is 0 Å². The third-order valence-corrected chi connectivity index (χ3v) is 3.71. The highest BCUT2D eigenvalue weighted by Crippen LogP contribution is 2.58. The minimum absolute atomic E-state index is 0.199. The van der Waals surface area contributed by atoms with E-state index in [0.29, 0.717) is 17.0 Å². The molecule has 3 rings (SSSR count). The van der Waals surface area contributed by atoms with E-state index in [2.05, 4.69) is 4.74 Å². The number of rotatable bonds is 1. The van der Waals surface area contributed by atoms with Crippen LogP contribution >= 0.6 is 11.6 Å². The van der Waals surface area contributed by atoms with Crippen LogP contribution in [0.15, 0.2) is 22.8 Å². The van der Waals surface area contributed by atoms with Gasteiger partial charge in [0.2, 0.25) is 0 Å². The van der Waals surface area contributed by atoms with Crippen molar-refractivity contribution in [1.82, 2.24) is 0 Å². The van der Waals surface area contributed by atoms with Crippen LogP contribution in [0.25, 0.3) is 0 Å². The number of carbonyl (C=O) groups is 2. The largest absolute Gasteiger partial charge is 0.468 e. The van der Waals surface area contributed by atoms with Gasteiger partial charge in [0.05, 0.1) is 12.1 Å². The first kappa shape index (κ1) is 10.1. The molecule has 4 nitrogen and oxygen atoms in total. The van der Waals surface area contributed by atoms with Crippen LogP contribution in [0.3, 0.4) is 0 Å². The van der Waals surface area contributed by atoms with Gasteiger partial charge in [-0.05, 0) is 6.08 Å². The summed E-state index contributed by atoms with van der Waals surface area (Å²) in [5.74, 6) is -1.44. The summed E-state index contributed by atoms with van der Waals surface area (Å²) in [6, 6.07) is 0. The Morgan fingerprint density at radius 3 is 3.06 bits per heavy atom. The fourth-order valence-electron chi connectivity index (χ4n) is 2.52. The van der Waals surface area contributed by atoms with Gasteiger partial charge >= 0.3 is 5.97 Å². The molecule has 0 N–H and O–H groups in total. The van der Waals surface area contributed by atoms with E-state index in [1.54, 1.807) is 12.2 Å². The van der Waals surface area contributed by atoms with Crippen molar-refractivity contribution in [3.8, 4) is 0 Å². The molecule has 5 heteroatoms. The van der Waals surface area contributed by atoms with Crippen molar-refractivity contribution in [2.75, 3.05) is 7.11 Å². The van der Waals surface area contributed by atoms with E-state index in [4.69, 9.17) is 16.3 Å². The Morgan fingerprint density at radius 1 is 1.62 bits per heavy atom. The normalized spacial score (nSPS) is 39.5. The summed E-state index contributed by atoms with van der Waals surface area (Å²) >= 11 is 5.94. The Balaban J connectivity index is 1.98. The van der Waals surface area contributed by atoms with Gasteiger partial charge in [-0.1, -0.05) is 17.7 Å². The second kappa shape index (κ2) is 2.96. The molecule has 0 aromatic rings. The highest BCUT2D eigenvalue weighted by Gasteiger charge is 2.69. The zero-order valence-electron chi connectivity index (χ0n) is 8.53. The second-order valence-electron chi connectivity index (χ2n) is 4.16. The summed E-state index contributed by atoms with van der Waals surface area (Å²) in [5, 5.41) is 0.585. The number of ketones is 1. The van der Waals surface area contributed by atoms with Crippen LogP contribution in [0.5, 0.6) is 0 Å². The molecule has 1 heterocycles. The number of ether oxygens (including phenoxy) is 2. The van der Waals surface area contributed by atoms with Crippen LogP contribution < -0.4 is 0 Å². The lowest BCUT2D eigenvalue weighted by atomic mass is 9.94. The maximum Gasteiger partial charge on any atom is 0.316 e. The zero-order valence-corrected chi connectivity index (χ0v) is 9.28. The first-order chi connectivity index (χ1) is 7.60. The van der Waals surface area contributed by atoms with Crippen molar-refractivity contribution in [2.24, 2.45) is 5.92 Å². The first-order valence-electron chi connectivity index (χ1n) is 4.98. The van der Waals surface area contributed by atoms with Gasteiger partial charge in [-0.3, -0.25) is 9.59 Å². The molecule has 0 bridgehead atoms. The van der Waals surface area contributed by atoms with Crippen LogP contribution in [-0.2, 0) is 19.1 Å². The van der Waals surface area contributed by atoms with E-state index in [1.807, 2.05) is 0 Å². The Labute approximate surface area is 96.8 Å². The van der Waals surface area contributed by atoms with Gasteiger partial charge in [-0.15, -0.1) is 0 Å². The lowest BCUT2D eigenvalue weighted by molar-refractivity contribution is -0.147. The van der Waals surface area contributed by atoms with Gasteiger partial charge in [-0.2, -0.15) is 0 Å². The maximum atomic E-state index is 12.0. The Bertz CT molecular complexity index is 465. The van der Waals surface area contributed by atoms with Gasteiger partial charge in [0.25, 0.3) is 0 Å². The van der Waals surface area contributed by atoms with E-state index in [9.17, 15) is 9.59 Å². The van der Waals surface area contributed by atoms with Crippen molar-refractivity contribution in [3.05, 3.63) is 22.8 Å². The number of halogens is 1. The molecule has 1 spiro atoms. The van der Waals surface area contributed by atoms with Gasteiger partial charge in [-0.25, -0.2) is 0 Å². The number of hydrogen-bond donors (Lipinski definition) is 0. The number of methoxy groups -OCH3 is 1. The molecule has 84 valence electrons. The van der Waals surface area contributed by atoms with Crippen molar-refractivity contribution in [2.45, 2.75) is 18.1 Å². The van der Waals surface area contributed by atoms with Crippen molar-refractivity contribution >= 4 is 23.4 Å². The molecule has 1 aliphatic heterocycles. The standard InChI is InChI=1S/C11H9ClO4/c1-15-10(14)5-4-11-6(8(5)13)2-3-7(12)9(11)16-11/h2-3,5,9H,4H2,1H3. The molecule has 0 aromatic heterocycles. The average molecular weight is 241 g/mol. The number of esters is 1. The van der Waals surface area contributed by atoms with Gasteiger partial charge in [0.15, 0.2) is 5.78 Å². The predicted molar refractivity (Wildman–Crippen MR) is 54.8 cm³/mol. The fourth-order valence-corrected chi connectivity index (χ4v) is 2.81. The van der Waals surface area contributed by atoms with E-state index < -0.39 is 17.5 Å². The first-order valence-corrected chi connectivity index (χ1v) is 5.35. The molecule has 0 amide bonds. The zero-order chi connectivity index (χ0) is 11.5. The Kier molecular flexibility index (Phi) is 1.86. The van der Waals surface area contributed by atoms with E-state index in [1.165, 1.54) is 7.11 Å². The number of epoxide rings is 1. The van der Waals surface area contributed by atoms with Crippen LogP contribution in [0.4, 0.5) is 0 Å². The molecule has 2 aliphatic carbocycles. The highest BCUT2D eigenvalue weighted by molar-refractivity contribution is 6.31. The lowest BCUT2D eigenvalue weighted by Crippen LogP contribution is -2.20. The second-order valence-corrected chi connectivity index (χ2v) is 4.60. The number of Topliss-reactive ketones (excluding diaryl/α,β-unsaturated/α-hetero) is 1. The molecule has 1 saturated heterocycles. The fraction of sp³-hybridized carbons (Fsp3) is 0.455. The topological polar surface area (TPSA) is 55.9 Å². The smallest absolute Gasteiger partial charge is 0.316 e. The Hall–Kier alpha value is -1.13. The molecule has 16 heavy (non-hydrogen) atoms. The summed E-state index contributed by atoms with van der Waals surface area (Å²) in [7, 11) is 1.28. The molecule has 2 fully saturated rings. The number of allylic oxidation sites excluding steroid dienone is 2. The molecular formula is C11H9ClO4. The van der Waals surface area contributed by atoms with Gasteiger partial charge in [0, 0.05) is 12.0 Å². The van der Waals surface area contributed by atoms with Crippen LogP contribution in [0.1, 0.15) is 6.42 Å². The summed E-state index contributed by atoms with van der Waals surface area (Å²) in [4.78, 5) is 23.4. The summed E-state index contributed by atoms with van der Waals surface area (Å²) in [5.41, 5.74) is -0.0841. The molecule has 3 atom stereocenters. The third kappa shape index (κ3) is 1.03. The molecule has 3 unspecified atom stereocenters. The minimum Gasteiger partial charge on any atom is -0.468 e. The third-order valence-electron chi connectivity index (χ3n) is 3.39. The van der Waals surface area contributed by atoms with Gasteiger partial charge < -0.3 is 9.47 Å². The number of carbonyl (C=O) groups excluding carboxylic acids is 2. The van der Waals surface area contributed by atoms with E-state index >= 15 is 0 Å². The average Bonchev–Trinajstić information content (AvgIpc) is 2.94. The summed E-state index contributed by atoms with van der Waals surface area (Å²) < 4.78 is 10.1. The summed E-state index contributed by atoms with van der Waals surface area (Å²) in [6.07, 6.45) is 3.41. The monoisotopic (exact) mass is 240 g/mol. The molecule has 3 aliphatic rings. The van der Waals surface area contributed by atoms with Crippen molar-refractivity contribution < 1.29 is 19.1 Å². The number of hydrogen-bond acceptors (Lipinski definition) is 4. The molecule has 1 saturated carbocycles. The van der Waals surface area contributed by atoms with Gasteiger partial charge in [0.1, 0.15) is 17.6 Å². The quantitative estimate of drug-likeness (QED) is 0.389. The molecular weight excluding hydrogens is 232 g/mol. The van der Waals surface area contributed by atoms with E-state index in [0.717, 1.165) is 0 Å². The molecule has 0 aromatic carbocycles. The van der Waals surface area contributed by atoms with Crippen molar-refractivity contribution in [3.63, 3.8) is 0 Å². The maximum absolute atomic E-state index is 12.0. The van der Waals surface area contributed by atoms with Crippen LogP contribution in [0, 0.1) is 5.92 Å². The van der Waals surface area contributed by atoms with E-state index in [-0.39, 0.29) is 11.9 Å². The minimum atomic E-state index is -0.739. The Morgan fingerprint density at radius 2 is 2.38 bits per heavy atom. The predicted octanol–water partition coefficient (Wildman–Crippen LogP) is 0.949. The van der Waals surface area contributed by atoms with Crippen LogP contribution in [-0.4, -0.2) is 30.6 Å². The summed E-state index contributed by atoms with van der Waals surface area (Å²) in [6.45, 7) is 0. The lowest BCUT2D eigenvalue weighted by Gasteiger charge is -2.07. The molecule has 0 radical (unpaired) electrons. The SMILES string of the molecule is COC(=O)C1CC23OC2C(Cl)=CC=C3C1=O. The highest BCUT2D eigenvalue weighted by atomic mass is 35.5.